The van der Waals surface area contributed by atoms with Gasteiger partial charge in [-0.05, 0) is 24.8 Å². The third-order valence-electron chi connectivity index (χ3n) is 3.76. The fourth-order valence-electron chi connectivity index (χ4n) is 2.22. The summed E-state index contributed by atoms with van der Waals surface area (Å²) in [5, 5.41) is 5.37. The number of unbranched alkanes of at least 4 members (excludes halogenated alkanes) is 1. The minimum atomic E-state index is -1.27. The maximum Gasteiger partial charge on any atom is 0.407 e. The Morgan fingerprint density at radius 1 is 1.16 bits per heavy atom. The van der Waals surface area contributed by atoms with Crippen molar-refractivity contribution < 1.29 is 19.1 Å². The molecule has 0 saturated carbocycles. The second-order valence-corrected chi connectivity index (χ2v) is 13.8. The van der Waals surface area contributed by atoms with Crippen LogP contribution in [-0.4, -0.2) is 45.1 Å². The molecule has 0 aliphatic rings. The van der Waals surface area contributed by atoms with E-state index in [1.54, 1.807) is 0 Å². The van der Waals surface area contributed by atoms with Crippen LogP contribution in [0.15, 0.2) is 0 Å². The second kappa shape index (κ2) is 12.1. The molecule has 6 nitrogen and oxygen atoms in total. The minimum absolute atomic E-state index is 0.225. The van der Waals surface area contributed by atoms with Crippen LogP contribution in [0.25, 0.3) is 0 Å². The number of aldehydes is 1. The Morgan fingerprint density at radius 2 is 1.80 bits per heavy atom. The van der Waals surface area contributed by atoms with Crippen molar-refractivity contribution in [1.82, 2.24) is 10.6 Å². The van der Waals surface area contributed by atoms with Crippen LogP contribution in [0.1, 0.15) is 46.5 Å². The van der Waals surface area contributed by atoms with E-state index in [1.807, 2.05) is 20.8 Å². The smallest absolute Gasteiger partial charge is 0.407 e. The molecule has 0 aliphatic carbocycles. The first-order valence-corrected chi connectivity index (χ1v) is 13.0. The van der Waals surface area contributed by atoms with Gasteiger partial charge in [-0.3, -0.25) is 4.79 Å². The van der Waals surface area contributed by atoms with Gasteiger partial charge in [-0.2, -0.15) is 0 Å². The van der Waals surface area contributed by atoms with Crippen molar-refractivity contribution in [2.75, 3.05) is 6.61 Å². The van der Waals surface area contributed by atoms with E-state index in [1.165, 1.54) is 0 Å². The normalized spacial score (nSPS) is 13.9. The summed E-state index contributed by atoms with van der Waals surface area (Å²) in [7, 11) is -1.27. The average molecular weight is 373 g/mol. The average Bonchev–Trinajstić information content (AvgIpc) is 2.48. The van der Waals surface area contributed by atoms with Crippen molar-refractivity contribution in [2.24, 2.45) is 5.92 Å². The first kappa shape index (κ1) is 23.6. The lowest BCUT2D eigenvalue weighted by molar-refractivity contribution is -0.126. The third-order valence-corrected chi connectivity index (χ3v) is 5.47. The van der Waals surface area contributed by atoms with Gasteiger partial charge in [0.1, 0.15) is 12.3 Å². The summed E-state index contributed by atoms with van der Waals surface area (Å²) in [4.78, 5) is 35.6. The molecule has 0 saturated heterocycles. The summed E-state index contributed by atoms with van der Waals surface area (Å²) in [6, 6.07) is -0.318. The molecule has 2 atom stereocenters. The molecule has 0 unspecified atom stereocenters. The number of hydrogen-bond donors (Lipinski definition) is 2. The Bertz CT molecular complexity index is 422. The Balaban J connectivity index is 4.63. The summed E-state index contributed by atoms with van der Waals surface area (Å²) in [5.74, 6) is -0.104. The second-order valence-electron chi connectivity index (χ2n) is 8.17. The van der Waals surface area contributed by atoms with Gasteiger partial charge >= 0.3 is 6.09 Å². The molecule has 0 aromatic heterocycles. The van der Waals surface area contributed by atoms with Gasteiger partial charge in [-0.25, -0.2) is 4.79 Å². The van der Waals surface area contributed by atoms with Crippen molar-refractivity contribution in [3.63, 3.8) is 0 Å². The summed E-state index contributed by atoms with van der Waals surface area (Å²) in [6.07, 6.45) is 3.11. The summed E-state index contributed by atoms with van der Waals surface area (Å²) in [6.45, 7) is 13.0. The van der Waals surface area contributed by atoms with Gasteiger partial charge in [0.15, 0.2) is 0 Å². The zero-order valence-corrected chi connectivity index (χ0v) is 17.7. The summed E-state index contributed by atoms with van der Waals surface area (Å²) in [5.41, 5.74) is 0. The molecule has 0 rings (SSSR count). The number of rotatable bonds is 12. The number of amides is 2. The van der Waals surface area contributed by atoms with Crippen LogP contribution in [0.5, 0.6) is 0 Å². The highest BCUT2D eigenvalue weighted by molar-refractivity contribution is 6.76. The van der Waals surface area contributed by atoms with Crippen LogP contribution < -0.4 is 10.6 Å². The lowest BCUT2D eigenvalue weighted by Gasteiger charge is -2.22. The Morgan fingerprint density at radius 3 is 2.28 bits per heavy atom. The molecule has 25 heavy (non-hydrogen) atoms. The fraction of sp³-hybridized carbons (Fsp3) is 0.833. The first-order chi connectivity index (χ1) is 11.6. The minimum Gasteiger partial charge on any atom is -0.450 e. The number of nitrogens with one attached hydrogen (secondary N) is 2. The van der Waals surface area contributed by atoms with E-state index < -0.39 is 26.3 Å². The quantitative estimate of drug-likeness (QED) is 0.406. The van der Waals surface area contributed by atoms with Crippen molar-refractivity contribution >= 4 is 26.4 Å². The van der Waals surface area contributed by atoms with Gasteiger partial charge < -0.3 is 20.2 Å². The Hall–Kier alpha value is -1.37. The van der Waals surface area contributed by atoms with E-state index in [0.717, 1.165) is 25.2 Å². The monoisotopic (exact) mass is 372 g/mol. The van der Waals surface area contributed by atoms with Crippen molar-refractivity contribution in [3.05, 3.63) is 0 Å². The number of carbonyl (C=O) groups is 3. The van der Waals surface area contributed by atoms with Gasteiger partial charge in [0.2, 0.25) is 5.91 Å². The zero-order chi connectivity index (χ0) is 19.5. The fourth-order valence-corrected chi connectivity index (χ4v) is 2.93. The van der Waals surface area contributed by atoms with E-state index in [0.29, 0.717) is 19.4 Å². The SMILES string of the molecule is CCCC[C@@H](C=O)NC(=O)[C@H](CC(C)C)NC(=O)OCC[Si](C)(C)C. The molecule has 7 heteroatoms. The van der Waals surface area contributed by atoms with E-state index in [2.05, 4.69) is 30.3 Å². The van der Waals surface area contributed by atoms with Gasteiger partial charge in [-0.1, -0.05) is 53.3 Å². The zero-order valence-electron chi connectivity index (χ0n) is 16.7. The van der Waals surface area contributed by atoms with Gasteiger partial charge in [0.25, 0.3) is 0 Å². The van der Waals surface area contributed by atoms with E-state index in [-0.39, 0.29) is 11.8 Å². The highest BCUT2D eigenvalue weighted by Gasteiger charge is 2.25. The molecular weight excluding hydrogens is 336 g/mol. The van der Waals surface area contributed by atoms with Crippen LogP contribution in [0.3, 0.4) is 0 Å². The Labute approximate surface area is 153 Å². The molecule has 146 valence electrons. The maximum absolute atomic E-state index is 12.4. The molecule has 2 amide bonds. The molecule has 0 fully saturated rings. The molecule has 0 bridgehead atoms. The van der Waals surface area contributed by atoms with Gasteiger partial charge in [0.05, 0.1) is 12.6 Å². The summed E-state index contributed by atoms with van der Waals surface area (Å²) < 4.78 is 5.21. The molecule has 2 N–H and O–H groups in total. The molecule has 0 radical (unpaired) electrons. The van der Waals surface area contributed by atoms with Gasteiger partial charge in [-0.15, -0.1) is 0 Å². The van der Waals surface area contributed by atoms with Crippen molar-refractivity contribution in [3.8, 4) is 0 Å². The molecule has 0 spiro atoms. The number of ether oxygens (including phenoxy) is 1. The van der Waals surface area contributed by atoms with E-state index >= 15 is 0 Å². The lowest BCUT2D eigenvalue weighted by Crippen LogP contribution is -2.50. The highest BCUT2D eigenvalue weighted by atomic mass is 28.3. The summed E-state index contributed by atoms with van der Waals surface area (Å²) >= 11 is 0. The predicted molar refractivity (Wildman–Crippen MR) is 103 cm³/mol. The molecule has 0 aromatic carbocycles. The van der Waals surface area contributed by atoms with Crippen LogP contribution in [0, 0.1) is 5.92 Å². The van der Waals surface area contributed by atoms with Crippen molar-refractivity contribution in [1.29, 1.82) is 0 Å². The van der Waals surface area contributed by atoms with Crippen molar-refractivity contribution in [2.45, 2.75) is 84.2 Å². The molecule has 0 heterocycles. The Kier molecular flexibility index (Phi) is 11.4. The largest absolute Gasteiger partial charge is 0.450 e. The highest BCUT2D eigenvalue weighted by Crippen LogP contribution is 2.09. The van der Waals surface area contributed by atoms with Gasteiger partial charge in [0, 0.05) is 8.07 Å². The topological polar surface area (TPSA) is 84.5 Å². The van der Waals surface area contributed by atoms with E-state index in [9.17, 15) is 14.4 Å². The number of alkyl carbamates (subject to hydrolysis) is 1. The van der Waals surface area contributed by atoms with Crippen LogP contribution in [-0.2, 0) is 14.3 Å². The standard InChI is InChI=1S/C18H36N2O4Si/c1-7-8-9-15(13-21)19-17(22)16(12-14(2)3)20-18(23)24-10-11-25(4,5)6/h13-16H,7-12H2,1-6H3,(H,19,22)(H,20,23)/t15-,16-/m0/s1. The maximum atomic E-state index is 12.4. The third kappa shape index (κ3) is 12.6. The van der Waals surface area contributed by atoms with E-state index in [4.69, 9.17) is 4.74 Å². The van der Waals surface area contributed by atoms with Crippen LogP contribution in [0.4, 0.5) is 4.79 Å². The molecule has 0 aromatic rings. The number of hydrogen-bond acceptors (Lipinski definition) is 4. The van der Waals surface area contributed by atoms with Crippen LogP contribution >= 0.6 is 0 Å². The predicted octanol–water partition coefficient (Wildman–Crippen LogP) is 3.34. The number of carbonyl (C=O) groups excluding carboxylic acids is 3. The molecule has 0 aliphatic heterocycles. The van der Waals surface area contributed by atoms with Crippen LogP contribution in [0.2, 0.25) is 25.7 Å². The lowest BCUT2D eigenvalue weighted by atomic mass is 10.0. The molecular formula is C18H36N2O4Si. The first-order valence-electron chi connectivity index (χ1n) is 9.28.